The molecule has 4 unspecified atom stereocenters. The Morgan fingerprint density at radius 2 is 1.76 bits per heavy atom. The number of fused-ring (bicyclic) bond motifs is 3. The molecule has 4 atom stereocenters. The molecule has 38 heavy (non-hydrogen) atoms. The van der Waals surface area contributed by atoms with Gasteiger partial charge in [-0.2, -0.15) is 5.43 Å². The van der Waals surface area contributed by atoms with Gasteiger partial charge in [-0.1, -0.05) is 18.6 Å². The van der Waals surface area contributed by atoms with Crippen LogP contribution < -0.4 is 26.8 Å². The van der Waals surface area contributed by atoms with E-state index in [-0.39, 0.29) is 5.96 Å². The third-order valence-electron chi connectivity index (χ3n) is 9.29. The lowest BCUT2D eigenvalue weighted by Crippen LogP contribution is -2.53. The number of rotatable bonds is 4. The van der Waals surface area contributed by atoms with E-state index in [9.17, 15) is 0 Å². The Hall–Kier alpha value is -2.79. The minimum atomic E-state index is -1.17. The Balaban J connectivity index is 1.07. The van der Waals surface area contributed by atoms with E-state index in [1.165, 1.54) is 36.2 Å². The molecule has 10 heteroatoms. The number of nitrogens with two attached hydrogens (primary N) is 2. The monoisotopic (exact) mass is 531 g/mol. The van der Waals surface area contributed by atoms with Crippen molar-refractivity contribution in [1.82, 2.24) is 20.3 Å². The van der Waals surface area contributed by atoms with Gasteiger partial charge in [-0.05, 0) is 69.6 Å². The first kappa shape index (κ1) is 24.3. The van der Waals surface area contributed by atoms with E-state index in [2.05, 4.69) is 63.3 Å². The van der Waals surface area contributed by atoms with Crippen LogP contribution in [0, 0.1) is 32.6 Å². The molecule has 3 aromatic rings. The van der Waals surface area contributed by atoms with Gasteiger partial charge in [0, 0.05) is 48.3 Å². The maximum atomic E-state index is 6.79. The number of hydrogen-bond donors (Lipinski definition) is 3. The number of aryl methyl sites for hydroxylation is 3. The van der Waals surface area contributed by atoms with E-state index < -0.39 is 5.79 Å². The molecule has 3 fully saturated rings. The van der Waals surface area contributed by atoms with Crippen molar-refractivity contribution in [2.75, 3.05) is 36.1 Å². The summed E-state index contributed by atoms with van der Waals surface area (Å²) in [6, 6.07) is 9.27. The summed E-state index contributed by atoms with van der Waals surface area (Å²) in [6.45, 7) is 10.5. The number of aromatic nitrogens is 2. The third kappa shape index (κ3) is 3.88. The number of nitrogens with one attached hydrogen (secondary N) is 1. The first-order valence-electron chi connectivity index (χ1n) is 13.8. The number of aliphatic imine (C=N–C) groups is 1. The summed E-state index contributed by atoms with van der Waals surface area (Å²) in [7, 11) is 0. The van der Waals surface area contributed by atoms with Crippen LogP contribution in [0.5, 0.6) is 0 Å². The number of nitrogens with zero attached hydrogens (tertiary/aromatic N) is 6. The van der Waals surface area contributed by atoms with Crippen molar-refractivity contribution in [3.8, 4) is 0 Å². The number of thiophene rings is 1. The van der Waals surface area contributed by atoms with E-state index in [4.69, 9.17) is 16.5 Å². The smallest absolute Gasteiger partial charge is 0.215 e. The van der Waals surface area contributed by atoms with Crippen LogP contribution in [0.3, 0.4) is 0 Å². The molecule has 2 aliphatic carbocycles. The van der Waals surface area contributed by atoms with E-state index in [0.717, 1.165) is 65.4 Å². The fraction of sp³-hybridized carbons (Fsp3) is 0.536. The molecule has 4 aliphatic rings. The molecule has 9 nitrogen and oxygen atoms in total. The zero-order valence-corrected chi connectivity index (χ0v) is 23.3. The van der Waals surface area contributed by atoms with E-state index in [1.807, 2.05) is 6.92 Å². The largest absolute Gasteiger partial charge is 0.369 e. The highest BCUT2D eigenvalue weighted by atomic mass is 32.1. The van der Waals surface area contributed by atoms with Crippen LogP contribution in [-0.4, -0.2) is 53.0 Å². The molecule has 7 rings (SSSR count). The molecule has 200 valence electrons. The first-order chi connectivity index (χ1) is 18.3. The van der Waals surface area contributed by atoms with Crippen molar-refractivity contribution in [3.05, 3.63) is 46.1 Å². The maximum Gasteiger partial charge on any atom is 0.215 e. The number of piperazine rings is 1. The van der Waals surface area contributed by atoms with Crippen LogP contribution >= 0.6 is 11.3 Å². The summed E-state index contributed by atoms with van der Waals surface area (Å²) in [4.78, 5) is 21.4. The van der Waals surface area contributed by atoms with Gasteiger partial charge < -0.3 is 10.6 Å². The second-order valence-electron chi connectivity index (χ2n) is 11.6. The summed E-state index contributed by atoms with van der Waals surface area (Å²) in [6.07, 6.45) is 5.82. The lowest BCUT2D eigenvalue weighted by molar-refractivity contribution is 0.135. The topological polar surface area (TPSA) is 112 Å². The molecule has 1 saturated heterocycles. The fourth-order valence-electron chi connectivity index (χ4n) is 7.16. The fourth-order valence-corrected chi connectivity index (χ4v) is 8.23. The van der Waals surface area contributed by atoms with Gasteiger partial charge in [0.1, 0.15) is 10.7 Å². The van der Waals surface area contributed by atoms with Gasteiger partial charge in [0.25, 0.3) is 0 Å². The summed E-state index contributed by atoms with van der Waals surface area (Å²) < 4.78 is 0. The van der Waals surface area contributed by atoms with Gasteiger partial charge in [0.2, 0.25) is 11.7 Å². The molecule has 5 N–H and O–H groups in total. The van der Waals surface area contributed by atoms with E-state index >= 15 is 0 Å². The lowest BCUT2D eigenvalue weighted by atomic mass is 9.93. The minimum absolute atomic E-state index is 0.288. The van der Waals surface area contributed by atoms with Crippen LogP contribution in [0.25, 0.3) is 10.2 Å². The molecule has 2 aromatic heterocycles. The molecule has 1 aromatic carbocycles. The Kier molecular flexibility index (Phi) is 5.67. The van der Waals surface area contributed by atoms with Crippen LogP contribution in [0.1, 0.15) is 47.5 Å². The first-order valence-corrected chi connectivity index (χ1v) is 14.7. The van der Waals surface area contributed by atoms with Crippen LogP contribution in [0.4, 0.5) is 11.5 Å². The SMILES string of the molecule is Cc1nc(N2NC(N)(c3ccc(N4CCN(C5CC6CCC5C6)CC4)cc3)N=C2N)c2c(C)c(C)sc2n1. The molecule has 2 aliphatic heterocycles. The molecule has 4 heterocycles. The minimum Gasteiger partial charge on any atom is -0.369 e. The van der Waals surface area contributed by atoms with Gasteiger partial charge in [0.05, 0.1) is 5.39 Å². The molecular formula is C28H37N9S. The highest BCUT2D eigenvalue weighted by molar-refractivity contribution is 7.18. The second kappa shape index (κ2) is 8.87. The Morgan fingerprint density at radius 3 is 2.45 bits per heavy atom. The Bertz CT molecular complexity index is 1410. The maximum absolute atomic E-state index is 6.79. The van der Waals surface area contributed by atoms with Gasteiger partial charge in [0.15, 0.2) is 5.82 Å². The molecular weight excluding hydrogens is 494 g/mol. The van der Waals surface area contributed by atoms with Crippen LogP contribution in [0.15, 0.2) is 29.3 Å². The van der Waals surface area contributed by atoms with Crippen molar-refractivity contribution in [3.63, 3.8) is 0 Å². The van der Waals surface area contributed by atoms with Gasteiger partial charge in [-0.25, -0.2) is 20.0 Å². The van der Waals surface area contributed by atoms with Crippen molar-refractivity contribution in [2.45, 2.75) is 58.3 Å². The molecule has 2 saturated carbocycles. The highest BCUT2D eigenvalue weighted by Crippen LogP contribution is 2.47. The predicted octanol–water partition coefficient (Wildman–Crippen LogP) is 3.34. The number of guanidine groups is 1. The number of hydrogen-bond acceptors (Lipinski definition) is 10. The zero-order chi connectivity index (χ0) is 26.2. The molecule has 2 bridgehead atoms. The zero-order valence-electron chi connectivity index (χ0n) is 22.4. The summed E-state index contributed by atoms with van der Waals surface area (Å²) in [5.41, 5.74) is 19.8. The quantitative estimate of drug-likeness (QED) is 0.470. The normalized spacial score (nSPS) is 29.6. The average Bonchev–Trinajstić information content (AvgIpc) is 3.68. The van der Waals surface area contributed by atoms with Gasteiger partial charge >= 0.3 is 0 Å². The number of hydrazine groups is 1. The second-order valence-corrected chi connectivity index (χ2v) is 12.8. The third-order valence-corrected chi connectivity index (χ3v) is 10.4. The van der Waals surface area contributed by atoms with Gasteiger partial charge in [-0.15, -0.1) is 11.3 Å². The van der Waals surface area contributed by atoms with Crippen molar-refractivity contribution in [1.29, 1.82) is 0 Å². The molecule has 0 radical (unpaired) electrons. The predicted molar refractivity (Wildman–Crippen MR) is 154 cm³/mol. The number of anilines is 2. The van der Waals surface area contributed by atoms with Crippen molar-refractivity contribution in [2.24, 2.45) is 28.3 Å². The van der Waals surface area contributed by atoms with Gasteiger partial charge in [-0.3, -0.25) is 10.6 Å². The van der Waals surface area contributed by atoms with Crippen LogP contribution in [0.2, 0.25) is 0 Å². The molecule has 0 spiro atoms. The average molecular weight is 532 g/mol. The van der Waals surface area contributed by atoms with E-state index in [0.29, 0.717) is 11.6 Å². The summed E-state index contributed by atoms with van der Waals surface area (Å²) in [5, 5.41) is 2.69. The Morgan fingerprint density at radius 1 is 1.00 bits per heavy atom. The Labute approximate surface area is 227 Å². The van der Waals surface area contributed by atoms with Crippen LogP contribution in [-0.2, 0) is 5.79 Å². The lowest BCUT2D eigenvalue weighted by Gasteiger charge is -2.42. The van der Waals surface area contributed by atoms with E-state index in [1.54, 1.807) is 16.3 Å². The number of benzene rings is 1. The highest BCUT2D eigenvalue weighted by Gasteiger charge is 2.43. The van der Waals surface area contributed by atoms with Crippen molar-refractivity contribution < 1.29 is 0 Å². The summed E-state index contributed by atoms with van der Waals surface area (Å²) in [5.74, 6) is 2.44. The summed E-state index contributed by atoms with van der Waals surface area (Å²) >= 11 is 1.66. The van der Waals surface area contributed by atoms with Crippen molar-refractivity contribution >= 4 is 39.0 Å². The molecule has 0 amide bonds. The standard InChI is InChI=1S/C28H37N9S/c1-16-17(2)38-26-24(16)25(31-18(3)32-26)37-27(29)33-28(30,34-37)21-6-8-22(9-7-21)35-10-12-36(13-11-35)23-15-19-4-5-20(23)14-19/h6-9,19-20,23,34H,4-5,10-15,30H2,1-3H3,(H2,29,33).